The quantitative estimate of drug-likeness (QED) is 0.149. The Bertz CT molecular complexity index is 1560. The van der Waals surface area contributed by atoms with Crippen molar-refractivity contribution < 1.29 is 19.7 Å². The highest BCUT2D eigenvalue weighted by atomic mass is 35.5. The molecule has 4 aromatic rings. The first kappa shape index (κ1) is 32.6. The third kappa shape index (κ3) is 7.12. The molecule has 2 aromatic carbocycles. The Morgan fingerprint density at radius 2 is 1.07 bits per heavy atom. The number of aliphatic hydroxyl groups excluding tert-OH is 2. The third-order valence-corrected chi connectivity index (χ3v) is 9.54. The van der Waals surface area contributed by atoms with E-state index >= 15 is 0 Å². The number of nitrogens with one attached hydrogen (secondary N) is 2. The number of aliphatic hydroxyl groups is 2. The lowest BCUT2D eigenvalue weighted by atomic mass is 9.82. The molecule has 2 aliphatic carbocycles. The molecule has 0 saturated heterocycles. The zero-order valence-corrected chi connectivity index (χ0v) is 27.4. The lowest BCUT2D eigenvalue weighted by Crippen LogP contribution is -2.36. The minimum Gasteiger partial charge on any atom is -0.480 e. The predicted octanol–water partition coefficient (Wildman–Crippen LogP) is 5.31. The summed E-state index contributed by atoms with van der Waals surface area (Å²) in [4.78, 5) is 18.7. The van der Waals surface area contributed by atoms with E-state index in [1.165, 1.54) is 0 Å². The van der Waals surface area contributed by atoms with Crippen LogP contribution in [0.5, 0.6) is 11.8 Å². The van der Waals surface area contributed by atoms with Crippen molar-refractivity contribution in [2.24, 2.45) is 11.8 Å². The van der Waals surface area contributed by atoms with Crippen molar-refractivity contribution in [2.45, 2.75) is 51.0 Å². The van der Waals surface area contributed by atoms with Gasteiger partial charge in [-0.1, -0.05) is 59.6 Å². The first-order valence-electron chi connectivity index (χ1n) is 15.5. The fourth-order valence-electron chi connectivity index (χ4n) is 6.02. The fourth-order valence-corrected chi connectivity index (χ4v) is 6.67. The average Bonchev–Trinajstić information content (AvgIpc) is 3.03. The van der Waals surface area contributed by atoms with Crippen molar-refractivity contribution >= 4 is 23.2 Å². The number of methoxy groups -OCH3 is 2. The highest BCUT2D eigenvalue weighted by Gasteiger charge is 2.27. The SMILES string of the molecule is COc1nc(-c2cccc(-c3cccc(-c4cnc(CNC[C@H]5C[C@H](O)C5)c(OC)n4)c3Cl)c2Cl)cnc1CNC[C@H]1C[C@H](O)C1. The van der Waals surface area contributed by atoms with Crippen LogP contribution in [-0.4, -0.2) is 69.7 Å². The van der Waals surface area contributed by atoms with E-state index in [-0.39, 0.29) is 12.2 Å². The van der Waals surface area contributed by atoms with Gasteiger partial charge >= 0.3 is 0 Å². The topological polar surface area (TPSA) is 135 Å². The van der Waals surface area contributed by atoms with E-state index in [9.17, 15) is 10.2 Å². The van der Waals surface area contributed by atoms with Gasteiger partial charge in [-0.05, 0) is 50.6 Å². The molecule has 2 fully saturated rings. The predicted molar refractivity (Wildman–Crippen MR) is 178 cm³/mol. The summed E-state index contributed by atoms with van der Waals surface area (Å²) in [5, 5.41) is 26.8. The van der Waals surface area contributed by atoms with E-state index in [0.29, 0.717) is 80.6 Å². The highest BCUT2D eigenvalue weighted by Crippen LogP contribution is 2.42. The number of rotatable bonds is 13. The van der Waals surface area contributed by atoms with Gasteiger partial charge in [-0.25, -0.2) is 9.97 Å². The summed E-state index contributed by atoms with van der Waals surface area (Å²) in [5.41, 5.74) is 5.43. The molecule has 0 spiro atoms. The molecule has 2 aliphatic rings. The zero-order valence-electron chi connectivity index (χ0n) is 25.8. The molecule has 2 aromatic heterocycles. The molecule has 0 atom stereocenters. The molecule has 46 heavy (non-hydrogen) atoms. The van der Waals surface area contributed by atoms with Crippen LogP contribution in [0.4, 0.5) is 0 Å². The van der Waals surface area contributed by atoms with Gasteiger partial charge in [-0.2, -0.15) is 0 Å². The van der Waals surface area contributed by atoms with Gasteiger partial charge in [0.15, 0.2) is 0 Å². The number of ether oxygens (including phenoxy) is 2. The van der Waals surface area contributed by atoms with Crippen molar-refractivity contribution in [3.63, 3.8) is 0 Å². The van der Waals surface area contributed by atoms with Crippen molar-refractivity contribution in [3.05, 3.63) is 70.2 Å². The number of benzene rings is 2. The van der Waals surface area contributed by atoms with E-state index < -0.39 is 0 Å². The highest BCUT2D eigenvalue weighted by molar-refractivity contribution is 6.39. The molecule has 4 N–H and O–H groups in total. The van der Waals surface area contributed by atoms with Crippen LogP contribution in [0.25, 0.3) is 33.6 Å². The second-order valence-corrected chi connectivity index (χ2v) is 12.8. The molecule has 10 nitrogen and oxygen atoms in total. The van der Waals surface area contributed by atoms with Crippen molar-refractivity contribution in [1.29, 1.82) is 0 Å². The Hall–Kier alpha value is -3.38. The van der Waals surface area contributed by atoms with Gasteiger partial charge in [0.05, 0.1) is 60.3 Å². The molecular formula is C34H38Cl2N6O4. The van der Waals surface area contributed by atoms with Gasteiger partial charge in [0.25, 0.3) is 0 Å². The van der Waals surface area contributed by atoms with Gasteiger partial charge in [0.1, 0.15) is 11.4 Å². The van der Waals surface area contributed by atoms with Crippen LogP contribution in [0.2, 0.25) is 10.0 Å². The summed E-state index contributed by atoms with van der Waals surface area (Å²) >= 11 is 14.1. The van der Waals surface area contributed by atoms with Crippen LogP contribution in [0.3, 0.4) is 0 Å². The number of hydrogen-bond acceptors (Lipinski definition) is 10. The second-order valence-electron chi connectivity index (χ2n) is 12.0. The summed E-state index contributed by atoms with van der Waals surface area (Å²) in [7, 11) is 3.15. The van der Waals surface area contributed by atoms with Gasteiger partial charge < -0.3 is 30.3 Å². The lowest BCUT2D eigenvalue weighted by Gasteiger charge is -2.31. The molecule has 0 radical (unpaired) electrons. The monoisotopic (exact) mass is 664 g/mol. The minimum atomic E-state index is -0.172. The maximum atomic E-state index is 9.52. The van der Waals surface area contributed by atoms with E-state index in [1.54, 1.807) is 26.6 Å². The standard InChI is InChI=1S/C34H38Cl2N6O4/c1-45-33-29(15-37-13-19-9-21(43)10-19)39-17-27(41-33)25-7-3-5-23(31(25)35)24-6-4-8-26(32(24)36)28-18-40-30(34(42-28)46-2)16-38-14-20-11-22(44)12-20/h3-8,17-22,37-38,43-44H,9-16H2,1-2H3/t19-,20-,21-,22-. The van der Waals surface area contributed by atoms with Crippen molar-refractivity contribution in [2.75, 3.05) is 27.3 Å². The first-order chi connectivity index (χ1) is 22.3. The number of halogens is 2. The maximum absolute atomic E-state index is 9.52. The normalized spacial score (nSPS) is 20.6. The molecular weight excluding hydrogens is 627 g/mol. The Morgan fingerprint density at radius 1 is 0.674 bits per heavy atom. The van der Waals surface area contributed by atoms with E-state index in [2.05, 4.69) is 20.6 Å². The largest absolute Gasteiger partial charge is 0.480 e. The maximum Gasteiger partial charge on any atom is 0.237 e. The number of hydrogen-bond donors (Lipinski definition) is 4. The molecule has 242 valence electrons. The molecule has 2 saturated carbocycles. The third-order valence-electron chi connectivity index (χ3n) is 8.72. The van der Waals surface area contributed by atoms with Crippen molar-refractivity contribution in [1.82, 2.24) is 30.6 Å². The smallest absolute Gasteiger partial charge is 0.237 e. The second kappa shape index (κ2) is 14.6. The molecule has 0 amide bonds. The van der Waals surface area contributed by atoms with Crippen LogP contribution >= 0.6 is 23.2 Å². The van der Waals surface area contributed by atoms with Crippen LogP contribution in [0, 0.1) is 11.8 Å². The van der Waals surface area contributed by atoms with Crippen LogP contribution < -0.4 is 20.1 Å². The summed E-state index contributed by atoms with van der Waals surface area (Å²) in [6.45, 7) is 2.64. The van der Waals surface area contributed by atoms with Gasteiger partial charge in [-0.3, -0.25) is 9.97 Å². The van der Waals surface area contributed by atoms with Crippen molar-refractivity contribution in [3.8, 4) is 45.4 Å². The lowest BCUT2D eigenvalue weighted by molar-refractivity contribution is 0.0426. The molecule has 6 rings (SSSR count). The first-order valence-corrected chi connectivity index (χ1v) is 16.3. The van der Waals surface area contributed by atoms with Crippen LogP contribution in [0.15, 0.2) is 48.8 Å². The molecule has 0 bridgehead atoms. The summed E-state index contributed by atoms with van der Waals surface area (Å²) in [6, 6.07) is 11.4. The number of aromatic nitrogens is 4. The average molecular weight is 666 g/mol. The van der Waals surface area contributed by atoms with Crippen LogP contribution in [-0.2, 0) is 13.1 Å². The van der Waals surface area contributed by atoms with Gasteiger partial charge in [0, 0.05) is 35.3 Å². The molecule has 0 aliphatic heterocycles. The van der Waals surface area contributed by atoms with E-state index in [0.717, 1.165) is 49.9 Å². The Balaban J connectivity index is 1.21. The molecule has 0 unspecified atom stereocenters. The Labute approximate surface area is 278 Å². The van der Waals surface area contributed by atoms with E-state index in [1.807, 2.05) is 36.4 Å². The Morgan fingerprint density at radius 3 is 1.43 bits per heavy atom. The van der Waals surface area contributed by atoms with Crippen LogP contribution in [0.1, 0.15) is 37.1 Å². The van der Waals surface area contributed by atoms with E-state index in [4.69, 9.17) is 42.6 Å². The molecule has 12 heteroatoms. The summed E-state index contributed by atoms with van der Waals surface area (Å²) < 4.78 is 11.2. The minimum absolute atomic E-state index is 0.172. The summed E-state index contributed by atoms with van der Waals surface area (Å²) in [5.74, 6) is 1.81. The fraction of sp³-hybridized carbons (Fsp3) is 0.412. The molecule has 2 heterocycles. The van der Waals surface area contributed by atoms with Gasteiger partial charge in [0.2, 0.25) is 11.8 Å². The van der Waals surface area contributed by atoms with Gasteiger partial charge in [-0.15, -0.1) is 0 Å². The Kier molecular flexibility index (Phi) is 10.3. The summed E-state index contributed by atoms with van der Waals surface area (Å²) in [6.07, 6.45) is 6.37. The number of nitrogens with zero attached hydrogens (tertiary/aromatic N) is 4. The zero-order chi connectivity index (χ0) is 32.2.